The molecule has 0 spiro atoms. The SMILES string of the molecule is CCN(CC)CCSc1ccc(F)cc1CNC. The van der Waals surface area contributed by atoms with Crippen LogP contribution >= 0.6 is 11.8 Å². The van der Waals surface area contributed by atoms with Crippen molar-refractivity contribution >= 4 is 11.8 Å². The van der Waals surface area contributed by atoms with E-state index in [1.165, 1.54) is 4.90 Å². The lowest BCUT2D eigenvalue weighted by molar-refractivity contribution is 0.324. The molecule has 0 radical (unpaired) electrons. The number of nitrogens with zero attached hydrogens (tertiary/aromatic N) is 1. The molecule has 1 aromatic rings. The molecular formula is C14H23FN2S. The fourth-order valence-corrected chi connectivity index (χ4v) is 2.89. The molecule has 0 aliphatic rings. The van der Waals surface area contributed by atoms with Crippen LogP contribution in [0.3, 0.4) is 0 Å². The second kappa shape index (κ2) is 8.51. The summed E-state index contributed by atoms with van der Waals surface area (Å²) in [5, 5.41) is 3.08. The molecule has 0 bridgehead atoms. The molecule has 1 rings (SSSR count). The van der Waals surface area contributed by atoms with Crippen molar-refractivity contribution in [3.05, 3.63) is 29.6 Å². The standard InChI is InChI=1S/C14H23FN2S/c1-4-17(5-2)8-9-18-14-7-6-13(15)10-12(14)11-16-3/h6-7,10,16H,4-5,8-9,11H2,1-3H3. The Bertz CT molecular complexity index is 354. The fraction of sp³-hybridized carbons (Fsp3) is 0.571. The Morgan fingerprint density at radius 2 is 2.00 bits per heavy atom. The highest BCUT2D eigenvalue weighted by molar-refractivity contribution is 7.99. The van der Waals surface area contributed by atoms with Gasteiger partial charge in [-0.2, -0.15) is 0 Å². The molecule has 0 fully saturated rings. The highest BCUT2D eigenvalue weighted by atomic mass is 32.2. The van der Waals surface area contributed by atoms with Gasteiger partial charge >= 0.3 is 0 Å². The molecule has 1 aromatic carbocycles. The van der Waals surface area contributed by atoms with Gasteiger partial charge in [-0.05, 0) is 43.9 Å². The highest BCUT2D eigenvalue weighted by Gasteiger charge is 2.05. The Morgan fingerprint density at radius 1 is 1.28 bits per heavy atom. The monoisotopic (exact) mass is 270 g/mol. The number of rotatable bonds is 8. The third-order valence-corrected chi connectivity index (χ3v) is 4.05. The molecule has 0 saturated heterocycles. The van der Waals surface area contributed by atoms with Crippen LogP contribution in [0.2, 0.25) is 0 Å². The molecule has 0 atom stereocenters. The van der Waals surface area contributed by atoms with E-state index in [1.54, 1.807) is 23.9 Å². The van der Waals surface area contributed by atoms with Gasteiger partial charge in [0.25, 0.3) is 0 Å². The average molecular weight is 270 g/mol. The normalized spacial score (nSPS) is 11.2. The molecule has 0 heterocycles. The van der Waals surface area contributed by atoms with Gasteiger partial charge in [0.05, 0.1) is 0 Å². The first kappa shape index (κ1) is 15.5. The molecule has 1 N–H and O–H groups in total. The maximum absolute atomic E-state index is 13.2. The van der Waals surface area contributed by atoms with Crippen LogP contribution in [0.15, 0.2) is 23.1 Å². The van der Waals surface area contributed by atoms with Crippen LogP contribution < -0.4 is 5.32 Å². The van der Waals surface area contributed by atoms with Gasteiger partial charge in [-0.3, -0.25) is 0 Å². The summed E-state index contributed by atoms with van der Waals surface area (Å²) in [6.07, 6.45) is 0. The summed E-state index contributed by atoms with van der Waals surface area (Å²) in [7, 11) is 1.88. The van der Waals surface area contributed by atoms with Crippen LogP contribution in [0.1, 0.15) is 19.4 Å². The molecule has 4 heteroatoms. The number of benzene rings is 1. The van der Waals surface area contributed by atoms with Gasteiger partial charge in [-0.15, -0.1) is 11.8 Å². The second-order valence-electron chi connectivity index (χ2n) is 4.16. The van der Waals surface area contributed by atoms with Crippen LogP contribution in [0.25, 0.3) is 0 Å². The van der Waals surface area contributed by atoms with Gasteiger partial charge in [-0.1, -0.05) is 13.8 Å². The van der Waals surface area contributed by atoms with Gasteiger partial charge in [-0.25, -0.2) is 4.39 Å². The molecule has 0 aromatic heterocycles. The van der Waals surface area contributed by atoms with E-state index in [2.05, 4.69) is 24.1 Å². The van der Waals surface area contributed by atoms with Crippen molar-refractivity contribution in [3.63, 3.8) is 0 Å². The summed E-state index contributed by atoms with van der Waals surface area (Å²) in [5.74, 6) is 0.887. The predicted octanol–water partition coefficient (Wildman–Crippen LogP) is 2.98. The molecular weight excluding hydrogens is 247 g/mol. The van der Waals surface area contributed by atoms with E-state index < -0.39 is 0 Å². The summed E-state index contributed by atoms with van der Waals surface area (Å²) in [6, 6.07) is 5.05. The van der Waals surface area contributed by atoms with E-state index in [-0.39, 0.29) is 5.82 Å². The lowest BCUT2D eigenvalue weighted by atomic mass is 10.2. The average Bonchev–Trinajstić information content (AvgIpc) is 2.37. The van der Waals surface area contributed by atoms with E-state index >= 15 is 0 Å². The lowest BCUT2D eigenvalue weighted by Gasteiger charge is -2.18. The van der Waals surface area contributed by atoms with Crippen LogP contribution in [0.5, 0.6) is 0 Å². The van der Waals surface area contributed by atoms with E-state index in [4.69, 9.17) is 0 Å². The van der Waals surface area contributed by atoms with Crippen LogP contribution in [-0.2, 0) is 6.54 Å². The van der Waals surface area contributed by atoms with Gasteiger partial charge in [0, 0.05) is 23.7 Å². The van der Waals surface area contributed by atoms with Crippen molar-refractivity contribution in [2.75, 3.05) is 32.4 Å². The summed E-state index contributed by atoms with van der Waals surface area (Å²) < 4.78 is 13.2. The van der Waals surface area contributed by atoms with E-state index in [0.717, 1.165) is 31.0 Å². The largest absolute Gasteiger partial charge is 0.316 e. The van der Waals surface area contributed by atoms with Crippen molar-refractivity contribution in [2.24, 2.45) is 0 Å². The van der Waals surface area contributed by atoms with E-state index in [9.17, 15) is 4.39 Å². The van der Waals surface area contributed by atoms with Crippen molar-refractivity contribution in [1.82, 2.24) is 10.2 Å². The third kappa shape index (κ3) is 4.96. The predicted molar refractivity (Wildman–Crippen MR) is 77.7 cm³/mol. The van der Waals surface area contributed by atoms with Crippen LogP contribution in [0.4, 0.5) is 4.39 Å². The smallest absolute Gasteiger partial charge is 0.123 e. The topological polar surface area (TPSA) is 15.3 Å². The first-order valence-corrected chi connectivity index (χ1v) is 7.48. The maximum Gasteiger partial charge on any atom is 0.123 e. The van der Waals surface area contributed by atoms with Gasteiger partial charge in [0.15, 0.2) is 0 Å². The number of hydrogen-bond donors (Lipinski definition) is 1. The summed E-state index contributed by atoms with van der Waals surface area (Å²) >= 11 is 1.81. The Labute approximate surface area is 114 Å². The van der Waals surface area contributed by atoms with Gasteiger partial charge < -0.3 is 10.2 Å². The van der Waals surface area contributed by atoms with Crippen LogP contribution in [-0.4, -0.2) is 37.3 Å². The molecule has 0 saturated carbocycles. The Morgan fingerprint density at radius 3 is 2.61 bits per heavy atom. The van der Waals surface area contributed by atoms with Crippen LogP contribution in [0, 0.1) is 5.82 Å². The Kier molecular flexibility index (Phi) is 7.32. The van der Waals surface area contributed by atoms with Gasteiger partial charge in [0.2, 0.25) is 0 Å². The zero-order chi connectivity index (χ0) is 13.4. The molecule has 18 heavy (non-hydrogen) atoms. The molecule has 0 amide bonds. The minimum atomic E-state index is -0.159. The van der Waals surface area contributed by atoms with E-state index in [0.29, 0.717) is 6.54 Å². The van der Waals surface area contributed by atoms with E-state index in [1.807, 2.05) is 13.1 Å². The summed E-state index contributed by atoms with van der Waals surface area (Å²) in [5.41, 5.74) is 1.04. The first-order valence-electron chi connectivity index (χ1n) is 6.49. The molecule has 0 unspecified atom stereocenters. The van der Waals surface area contributed by atoms with Gasteiger partial charge in [0.1, 0.15) is 5.82 Å². The highest BCUT2D eigenvalue weighted by Crippen LogP contribution is 2.23. The lowest BCUT2D eigenvalue weighted by Crippen LogP contribution is -2.25. The third-order valence-electron chi connectivity index (χ3n) is 2.95. The minimum Gasteiger partial charge on any atom is -0.316 e. The zero-order valence-electron chi connectivity index (χ0n) is 11.5. The Balaban J connectivity index is 2.55. The summed E-state index contributed by atoms with van der Waals surface area (Å²) in [4.78, 5) is 3.58. The molecule has 0 aliphatic heterocycles. The maximum atomic E-state index is 13.2. The number of halogens is 1. The molecule has 102 valence electrons. The Hall–Kier alpha value is -0.580. The fourth-order valence-electron chi connectivity index (χ4n) is 1.84. The quantitative estimate of drug-likeness (QED) is 0.731. The summed E-state index contributed by atoms with van der Waals surface area (Å²) in [6.45, 7) is 8.32. The first-order chi connectivity index (χ1) is 8.71. The number of thioether (sulfide) groups is 1. The second-order valence-corrected chi connectivity index (χ2v) is 5.29. The molecule has 2 nitrogen and oxygen atoms in total. The minimum absolute atomic E-state index is 0.159. The zero-order valence-corrected chi connectivity index (χ0v) is 12.3. The molecule has 0 aliphatic carbocycles. The van der Waals surface area contributed by atoms with Crippen molar-refractivity contribution in [2.45, 2.75) is 25.3 Å². The number of hydrogen-bond acceptors (Lipinski definition) is 3. The van der Waals surface area contributed by atoms with Crippen molar-refractivity contribution in [3.8, 4) is 0 Å². The van der Waals surface area contributed by atoms with Crippen molar-refractivity contribution < 1.29 is 4.39 Å². The number of nitrogens with one attached hydrogen (secondary N) is 1. The van der Waals surface area contributed by atoms with Crippen molar-refractivity contribution in [1.29, 1.82) is 0 Å².